The predicted octanol–water partition coefficient (Wildman–Crippen LogP) is 4.24. The fraction of sp³-hybridized carbons (Fsp3) is 0.278. The van der Waals surface area contributed by atoms with E-state index >= 15 is 0 Å². The van der Waals surface area contributed by atoms with Crippen LogP contribution in [0.5, 0.6) is 0 Å². The summed E-state index contributed by atoms with van der Waals surface area (Å²) in [6.45, 7) is 1.62. The van der Waals surface area contributed by atoms with Crippen molar-refractivity contribution < 1.29 is 4.79 Å². The summed E-state index contributed by atoms with van der Waals surface area (Å²) in [5.74, 6) is 1.59. The van der Waals surface area contributed by atoms with Crippen molar-refractivity contribution in [3.05, 3.63) is 71.3 Å². The van der Waals surface area contributed by atoms with Crippen LogP contribution in [0, 0.1) is 5.92 Å². The maximum Gasteiger partial charge on any atom is 0.159 e. The SMILES string of the molecule is CC(=O)c1ccc([C@H]2C[C@H]2Cc2ccccc2)cc1. The zero-order valence-electron chi connectivity index (χ0n) is 11.2. The topological polar surface area (TPSA) is 17.1 Å². The van der Waals surface area contributed by atoms with Crippen LogP contribution in [-0.4, -0.2) is 5.78 Å². The van der Waals surface area contributed by atoms with Gasteiger partial charge in [0.1, 0.15) is 0 Å². The van der Waals surface area contributed by atoms with E-state index in [-0.39, 0.29) is 5.78 Å². The second-order valence-corrected chi connectivity index (χ2v) is 5.47. The van der Waals surface area contributed by atoms with Crippen molar-refractivity contribution in [3.63, 3.8) is 0 Å². The Bertz CT molecular complexity index is 568. The van der Waals surface area contributed by atoms with Gasteiger partial charge in [-0.05, 0) is 42.7 Å². The van der Waals surface area contributed by atoms with Crippen LogP contribution in [0.1, 0.15) is 40.7 Å². The highest BCUT2D eigenvalue weighted by Crippen LogP contribution is 2.49. The van der Waals surface area contributed by atoms with Crippen molar-refractivity contribution in [3.8, 4) is 0 Å². The third kappa shape index (κ3) is 2.76. The van der Waals surface area contributed by atoms with Gasteiger partial charge in [-0.15, -0.1) is 0 Å². The first kappa shape index (κ1) is 12.2. The van der Waals surface area contributed by atoms with E-state index in [1.807, 2.05) is 12.1 Å². The molecule has 2 aromatic rings. The fourth-order valence-corrected chi connectivity index (χ4v) is 2.76. The molecule has 0 aliphatic heterocycles. The molecular formula is C18H18O. The average Bonchev–Trinajstić information content (AvgIpc) is 3.19. The largest absolute Gasteiger partial charge is 0.295 e. The van der Waals surface area contributed by atoms with E-state index in [1.54, 1.807) is 6.92 Å². The van der Waals surface area contributed by atoms with E-state index in [0.717, 1.165) is 11.5 Å². The summed E-state index contributed by atoms with van der Waals surface area (Å²) >= 11 is 0. The zero-order valence-corrected chi connectivity index (χ0v) is 11.2. The molecule has 1 aliphatic rings. The minimum atomic E-state index is 0.142. The number of carbonyl (C=O) groups excluding carboxylic acids is 1. The van der Waals surface area contributed by atoms with Crippen LogP contribution in [0.25, 0.3) is 0 Å². The van der Waals surface area contributed by atoms with Crippen molar-refractivity contribution in [1.82, 2.24) is 0 Å². The third-order valence-electron chi connectivity index (χ3n) is 4.01. The van der Waals surface area contributed by atoms with Gasteiger partial charge in [0.25, 0.3) is 0 Å². The molecule has 0 radical (unpaired) electrons. The molecule has 1 aliphatic carbocycles. The molecule has 19 heavy (non-hydrogen) atoms. The lowest BCUT2D eigenvalue weighted by atomic mass is 10.0. The first-order valence-electron chi connectivity index (χ1n) is 6.89. The monoisotopic (exact) mass is 250 g/mol. The van der Waals surface area contributed by atoms with Gasteiger partial charge in [-0.2, -0.15) is 0 Å². The molecule has 0 unspecified atom stereocenters. The lowest BCUT2D eigenvalue weighted by molar-refractivity contribution is 0.101. The first-order chi connectivity index (χ1) is 9.24. The Morgan fingerprint density at radius 3 is 2.37 bits per heavy atom. The van der Waals surface area contributed by atoms with E-state index in [1.165, 1.54) is 24.0 Å². The highest BCUT2D eigenvalue weighted by atomic mass is 16.1. The third-order valence-corrected chi connectivity index (χ3v) is 4.01. The molecule has 0 amide bonds. The zero-order chi connectivity index (χ0) is 13.2. The lowest BCUT2D eigenvalue weighted by Gasteiger charge is -2.03. The number of hydrogen-bond acceptors (Lipinski definition) is 1. The summed E-state index contributed by atoms with van der Waals surface area (Å²) < 4.78 is 0. The standard InChI is InChI=1S/C18H18O/c1-13(19)15-7-9-16(10-8-15)18-12-17(18)11-14-5-3-2-4-6-14/h2-10,17-18H,11-12H2,1H3/t17-,18-/m1/s1. The van der Waals surface area contributed by atoms with Crippen molar-refractivity contribution in [2.75, 3.05) is 0 Å². The van der Waals surface area contributed by atoms with E-state index in [9.17, 15) is 4.79 Å². The lowest BCUT2D eigenvalue weighted by Crippen LogP contribution is -1.93. The van der Waals surface area contributed by atoms with Gasteiger partial charge < -0.3 is 0 Å². The van der Waals surface area contributed by atoms with Crippen LogP contribution in [0.15, 0.2) is 54.6 Å². The van der Waals surface area contributed by atoms with Gasteiger partial charge in [-0.1, -0.05) is 54.6 Å². The number of rotatable bonds is 4. The van der Waals surface area contributed by atoms with Crippen LogP contribution in [-0.2, 0) is 6.42 Å². The van der Waals surface area contributed by atoms with Gasteiger partial charge in [-0.25, -0.2) is 0 Å². The molecule has 1 fully saturated rings. The predicted molar refractivity (Wildman–Crippen MR) is 77.4 cm³/mol. The van der Waals surface area contributed by atoms with E-state index in [2.05, 4.69) is 42.5 Å². The summed E-state index contributed by atoms with van der Waals surface area (Å²) in [5, 5.41) is 0. The van der Waals surface area contributed by atoms with Crippen LogP contribution < -0.4 is 0 Å². The van der Waals surface area contributed by atoms with Crippen LogP contribution in [0.4, 0.5) is 0 Å². The van der Waals surface area contributed by atoms with Crippen LogP contribution in [0.2, 0.25) is 0 Å². The Kier molecular flexibility index (Phi) is 3.20. The molecular weight excluding hydrogens is 232 g/mol. The number of ketones is 1. The van der Waals surface area contributed by atoms with E-state index in [4.69, 9.17) is 0 Å². The molecule has 96 valence electrons. The molecule has 3 rings (SSSR count). The smallest absolute Gasteiger partial charge is 0.159 e. The normalized spacial score (nSPS) is 21.1. The van der Waals surface area contributed by atoms with Gasteiger partial charge in [0, 0.05) is 5.56 Å². The quantitative estimate of drug-likeness (QED) is 0.742. The van der Waals surface area contributed by atoms with Crippen LogP contribution >= 0.6 is 0 Å². The van der Waals surface area contributed by atoms with Crippen LogP contribution in [0.3, 0.4) is 0 Å². The molecule has 0 N–H and O–H groups in total. The minimum absolute atomic E-state index is 0.142. The first-order valence-corrected chi connectivity index (χ1v) is 6.89. The summed E-state index contributed by atoms with van der Waals surface area (Å²) in [6, 6.07) is 18.8. The maximum absolute atomic E-state index is 11.2. The second-order valence-electron chi connectivity index (χ2n) is 5.47. The molecule has 0 saturated heterocycles. The fourth-order valence-electron chi connectivity index (χ4n) is 2.76. The van der Waals surface area contributed by atoms with Gasteiger partial charge in [0.2, 0.25) is 0 Å². The molecule has 1 nitrogen and oxygen atoms in total. The van der Waals surface area contributed by atoms with Crippen molar-refractivity contribution >= 4 is 5.78 Å². The molecule has 1 heteroatoms. The summed E-state index contributed by atoms with van der Waals surface area (Å²) in [6.07, 6.45) is 2.44. The van der Waals surface area contributed by atoms with Gasteiger partial charge >= 0.3 is 0 Å². The Hall–Kier alpha value is -1.89. The molecule has 0 aromatic heterocycles. The summed E-state index contributed by atoms with van der Waals surface area (Å²) in [4.78, 5) is 11.2. The van der Waals surface area contributed by atoms with E-state index < -0.39 is 0 Å². The maximum atomic E-state index is 11.2. The van der Waals surface area contributed by atoms with Crippen molar-refractivity contribution in [2.45, 2.75) is 25.7 Å². The molecule has 0 heterocycles. The van der Waals surface area contributed by atoms with Gasteiger partial charge in [-0.3, -0.25) is 4.79 Å². The molecule has 0 spiro atoms. The van der Waals surface area contributed by atoms with Crippen molar-refractivity contribution in [1.29, 1.82) is 0 Å². The minimum Gasteiger partial charge on any atom is -0.295 e. The van der Waals surface area contributed by atoms with E-state index in [0.29, 0.717) is 5.92 Å². The average molecular weight is 250 g/mol. The molecule has 2 aromatic carbocycles. The number of benzene rings is 2. The second kappa shape index (κ2) is 5.00. The Morgan fingerprint density at radius 2 is 1.74 bits per heavy atom. The Morgan fingerprint density at radius 1 is 1.05 bits per heavy atom. The highest BCUT2D eigenvalue weighted by molar-refractivity contribution is 5.94. The summed E-state index contributed by atoms with van der Waals surface area (Å²) in [5.41, 5.74) is 3.62. The number of hydrogen-bond donors (Lipinski definition) is 0. The molecule has 2 atom stereocenters. The number of Topliss-reactive ketones (excluding diaryl/α,β-unsaturated/α-hetero) is 1. The summed E-state index contributed by atoms with van der Waals surface area (Å²) in [7, 11) is 0. The molecule has 0 bridgehead atoms. The molecule has 1 saturated carbocycles. The van der Waals surface area contributed by atoms with Gasteiger partial charge in [0.05, 0.1) is 0 Å². The van der Waals surface area contributed by atoms with Gasteiger partial charge in [0.15, 0.2) is 5.78 Å². The highest BCUT2D eigenvalue weighted by Gasteiger charge is 2.37. The van der Waals surface area contributed by atoms with Crippen molar-refractivity contribution in [2.24, 2.45) is 5.92 Å². The Balaban J connectivity index is 1.65. The number of carbonyl (C=O) groups is 1. The Labute approximate surface area is 114 Å².